The van der Waals surface area contributed by atoms with Crippen LogP contribution in [0.4, 0.5) is 0 Å². The normalized spacial score (nSPS) is 12.4. The fourth-order valence-corrected chi connectivity index (χ4v) is 2.37. The van der Waals surface area contributed by atoms with Gasteiger partial charge in [-0.25, -0.2) is 4.99 Å². The van der Waals surface area contributed by atoms with Gasteiger partial charge in [0.05, 0.1) is 0 Å². The molecular formula is C18H34N2. The van der Waals surface area contributed by atoms with Crippen LogP contribution in [0.5, 0.6) is 0 Å². The van der Waals surface area contributed by atoms with Crippen LogP contribution in [0.15, 0.2) is 29.9 Å². The third-order valence-corrected chi connectivity index (χ3v) is 3.68. The number of rotatable bonds is 13. The molecule has 0 aliphatic carbocycles. The summed E-state index contributed by atoms with van der Waals surface area (Å²) < 4.78 is 0. The summed E-state index contributed by atoms with van der Waals surface area (Å²) in [5.74, 6) is 1.26. The molecule has 0 bridgehead atoms. The molecule has 2 N–H and O–H groups in total. The standard InChI is InChI=1S/C18H34N2/c1-4-7-10-12-14-17(15-13-11-8-5-2)18(19)20-16-9-6-3/h6,9,16-17H,3-5,7-8,10-15H2,1-2H3,(H2,19,20)/b16-9-. The summed E-state index contributed by atoms with van der Waals surface area (Å²) in [7, 11) is 0. The molecule has 0 aromatic carbocycles. The second kappa shape index (κ2) is 14.4. The first-order valence-electron chi connectivity index (χ1n) is 8.36. The topological polar surface area (TPSA) is 38.4 Å². The molecule has 0 rings (SSSR count). The van der Waals surface area contributed by atoms with Crippen molar-refractivity contribution in [3.05, 3.63) is 24.9 Å². The molecule has 0 aromatic heterocycles. The van der Waals surface area contributed by atoms with Crippen molar-refractivity contribution in [2.75, 3.05) is 0 Å². The van der Waals surface area contributed by atoms with Crippen LogP contribution < -0.4 is 5.73 Å². The Morgan fingerprint density at radius 2 is 1.55 bits per heavy atom. The van der Waals surface area contributed by atoms with E-state index < -0.39 is 0 Å². The Balaban J connectivity index is 4.24. The summed E-state index contributed by atoms with van der Waals surface area (Å²) >= 11 is 0. The molecule has 20 heavy (non-hydrogen) atoms. The first-order chi connectivity index (χ1) is 9.76. The van der Waals surface area contributed by atoms with Crippen molar-refractivity contribution in [2.24, 2.45) is 16.6 Å². The molecule has 116 valence electrons. The Labute approximate surface area is 126 Å². The zero-order valence-corrected chi connectivity index (χ0v) is 13.6. The lowest BCUT2D eigenvalue weighted by molar-refractivity contribution is 0.491. The number of aliphatic imine (C=N–C) groups is 1. The third-order valence-electron chi connectivity index (χ3n) is 3.68. The van der Waals surface area contributed by atoms with Crippen LogP contribution in [0.25, 0.3) is 0 Å². The number of nitrogens with zero attached hydrogens (tertiary/aromatic N) is 1. The number of allylic oxidation sites excluding steroid dienone is 2. The van der Waals surface area contributed by atoms with Crippen LogP contribution in [0, 0.1) is 5.92 Å². The first kappa shape index (κ1) is 18.9. The largest absolute Gasteiger partial charge is 0.387 e. The molecule has 0 saturated carbocycles. The van der Waals surface area contributed by atoms with E-state index in [9.17, 15) is 0 Å². The zero-order valence-electron chi connectivity index (χ0n) is 13.6. The van der Waals surface area contributed by atoms with E-state index in [0.29, 0.717) is 5.92 Å². The highest BCUT2D eigenvalue weighted by Crippen LogP contribution is 2.18. The number of amidine groups is 1. The zero-order chi connectivity index (χ0) is 15.1. The highest BCUT2D eigenvalue weighted by molar-refractivity contribution is 5.83. The molecule has 2 nitrogen and oxygen atoms in total. The predicted molar refractivity (Wildman–Crippen MR) is 92.0 cm³/mol. The molecule has 2 heteroatoms. The molecular weight excluding hydrogens is 244 g/mol. The van der Waals surface area contributed by atoms with Crippen molar-refractivity contribution in [2.45, 2.75) is 78.1 Å². The fraction of sp³-hybridized carbons (Fsp3) is 0.722. The monoisotopic (exact) mass is 278 g/mol. The minimum absolute atomic E-state index is 0.457. The molecule has 0 aliphatic rings. The first-order valence-corrected chi connectivity index (χ1v) is 8.36. The van der Waals surface area contributed by atoms with Gasteiger partial charge >= 0.3 is 0 Å². The predicted octanol–water partition coefficient (Wildman–Crippen LogP) is 5.60. The minimum atomic E-state index is 0.457. The minimum Gasteiger partial charge on any atom is -0.387 e. The van der Waals surface area contributed by atoms with E-state index in [4.69, 9.17) is 5.73 Å². The maximum Gasteiger partial charge on any atom is 0.102 e. The SMILES string of the molecule is C=C/C=C\N=C(N)C(CCCCCC)CCCCCC. The molecule has 0 heterocycles. The highest BCUT2D eigenvalue weighted by atomic mass is 14.8. The van der Waals surface area contributed by atoms with E-state index in [2.05, 4.69) is 25.4 Å². The number of nitrogens with two attached hydrogens (primary N) is 1. The molecule has 0 unspecified atom stereocenters. The van der Waals surface area contributed by atoms with E-state index >= 15 is 0 Å². The second-order valence-electron chi connectivity index (χ2n) is 5.53. The van der Waals surface area contributed by atoms with Gasteiger partial charge in [0, 0.05) is 12.1 Å². The molecule has 0 fully saturated rings. The molecule has 0 aromatic rings. The van der Waals surface area contributed by atoms with E-state index in [0.717, 1.165) is 5.84 Å². The molecule has 0 radical (unpaired) electrons. The Hall–Kier alpha value is -1.05. The number of unbranched alkanes of at least 4 members (excludes halogenated alkanes) is 6. The lowest BCUT2D eigenvalue weighted by atomic mass is 9.93. The summed E-state index contributed by atoms with van der Waals surface area (Å²) in [6, 6.07) is 0. The van der Waals surface area contributed by atoms with Gasteiger partial charge in [-0.3, -0.25) is 0 Å². The van der Waals surface area contributed by atoms with Gasteiger partial charge in [-0.15, -0.1) is 0 Å². The molecule has 0 aliphatic heterocycles. The quantitative estimate of drug-likeness (QED) is 0.202. The summed E-state index contributed by atoms with van der Waals surface area (Å²) in [5.41, 5.74) is 6.15. The van der Waals surface area contributed by atoms with Gasteiger partial charge < -0.3 is 5.73 Å². The lowest BCUT2D eigenvalue weighted by Crippen LogP contribution is -2.23. The van der Waals surface area contributed by atoms with E-state index in [1.54, 1.807) is 12.3 Å². The second-order valence-corrected chi connectivity index (χ2v) is 5.53. The van der Waals surface area contributed by atoms with Gasteiger partial charge in [-0.2, -0.15) is 0 Å². The average Bonchev–Trinajstić information content (AvgIpc) is 2.45. The summed E-state index contributed by atoms with van der Waals surface area (Å²) in [6.45, 7) is 8.14. The fourth-order valence-electron chi connectivity index (χ4n) is 2.37. The summed E-state index contributed by atoms with van der Waals surface area (Å²) in [4.78, 5) is 4.35. The van der Waals surface area contributed by atoms with Gasteiger partial charge in [0.2, 0.25) is 0 Å². The van der Waals surface area contributed by atoms with Crippen molar-refractivity contribution < 1.29 is 0 Å². The van der Waals surface area contributed by atoms with Crippen LogP contribution in [0.2, 0.25) is 0 Å². The van der Waals surface area contributed by atoms with Crippen LogP contribution >= 0.6 is 0 Å². The molecule has 0 amide bonds. The molecule has 0 saturated heterocycles. The average molecular weight is 278 g/mol. The van der Waals surface area contributed by atoms with E-state index in [1.807, 2.05) is 6.08 Å². The van der Waals surface area contributed by atoms with Gasteiger partial charge in [-0.05, 0) is 18.9 Å². The summed E-state index contributed by atoms with van der Waals surface area (Å²) in [5, 5.41) is 0. The van der Waals surface area contributed by atoms with Crippen molar-refractivity contribution in [3.63, 3.8) is 0 Å². The van der Waals surface area contributed by atoms with Crippen molar-refractivity contribution in [3.8, 4) is 0 Å². The lowest BCUT2D eigenvalue weighted by Gasteiger charge is -2.16. The Morgan fingerprint density at radius 3 is 2.00 bits per heavy atom. The van der Waals surface area contributed by atoms with Crippen molar-refractivity contribution in [1.29, 1.82) is 0 Å². The Morgan fingerprint density at radius 1 is 1.00 bits per heavy atom. The smallest absolute Gasteiger partial charge is 0.102 e. The van der Waals surface area contributed by atoms with E-state index in [-0.39, 0.29) is 0 Å². The van der Waals surface area contributed by atoms with E-state index in [1.165, 1.54) is 64.2 Å². The van der Waals surface area contributed by atoms with Gasteiger partial charge in [0.1, 0.15) is 5.84 Å². The highest BCUT2D eigenvalue weighted by Gasteiger charge is 2.12. The van der Waals surface area contributed by atoms with Gasteiger partial charge in [0.25, 0.3) is 0 Å². The maximum absolute atomic E-state index is 6.15. The van der Waals surface area contributed by atoms with Gasteiger partial charge in [0.15, 0.2) is 0 Å². The maximum atomic E-state index is 6.15. The Bertz CT molecular complexity index is 267. The van der Waals surface area contributed by atoms with Crippen molar-refractivity contribution >= 4 is 5.84 Å². The number of hydrogen-bond acceptors (Lipinski definition) is 1. The molecule has 0 atom stereocenters. The third kappa shape index (κ3) is 10.8. The summed E-state index contributed by atoms with van der Waals surface area (Å²) in [6.07, 6.45) is 18.1. The molecule has 0 spiro atoms. The van der Waals surface area contributed by atoms with Crippen LogP contribution in [0.1, 0.15) is 78.1 Å². The van der Waals surface area contributed by atoms with Gasteiger partial charge in [-0.1, -0.05) is 77.9 Å². The number of hydrogen-bond donors (Lipinski definition) is 1. The Kier molecular flexibility index (Phi) is 13.6. The van der Waals surface area contributed by atoms with Crippen LogP contribution in [-0.2, 0) is 0 Å². The van der Waals surface area contributed by atoms with Crippen molar-refractivity contribution in [1.82, 2.24) is 0 Å². The van der Waals surface area contributed by atoms with Crippen LogP contribution in [0.3, 0.4) is 0 Å². The van der Waals surface area contributed by atoms with Crippen LogP contribution in [-0.4, -0.2) is 5.84 Å².